The summed E-state index contributed by atoms with van der Waals surface area (Å²) in [7, 11) is 4.10. The van der Waals surface area contributed by atoms with E-state index in [1.54, 1.807) is 28.9 Å². The fourth-order valence-electron chi connectivity index (χ4n) is 5.09. The zero-order chi connectivity index (χ0) is 32.0. The maximum absolute atomic E-state index is 14.2. The van der Waals surface area contributed by atoms with E-state index in [9.17, 15) is 13.6 Å². The van der Waals surface area contributed by atoms with Crippen molar-refractivity contribution in [2.45, 2.75) is 6.54 Å². The summed E-state index contributed by atoms with van der Waals surface area (Å²) in [6.07, 6.45) is 3.53. The van der Waals surface area contributed by atoms with Crippen molar-refractivity contribution in [3.05, 3.63) is 126 Å². The van der Waals surface area contributed by atoms with Crippen LogP contribution >= 0.6 is 0 Å². The van der Waals surface area contributed by atoms with Crippen molar-refractivity contribution in [2.75, 3.05) is 37.8 Å². The second kappa shape index (κ2) is 13.6. The van der Waals surface area contributed by atoms with Gasteiger partial charge in [-0.3, -0.25) is 4.79 Å². The number of amides is 1. The van der Waals surface area contributed by atoms with E-state index in [4.69, 9.17) is 10.1 Å². The molecule has 0 unspecified atom stereocenters. The fraction of sp³-hybridized carbons (Fsp3) is 0.143. The third-order valence-electron chi connectivity index (χ3n) is 7.28. The number of halogens is 2. The molecule has 0 fully saturated rings. The molecule has 232 valence electrons. The zero-order valence-electron chi connectivity index (χ0n) is 25.3. The van der Waals surface area contributed by atoms with Gasteiger partial charge in [-0.25, -0.2) is 23.3 Å². The predicted molar refractivity (Wildman–Crippen MR) is 176 cm³/mol. The molecule has 0 spiro atoms. The number of likely N-dealkylation sites (N-methyl/N-ethyl adjacent to an activating group) is 1. The summed E-state index contributed by atoms with van der Waals surface area (Å²) in [5.74, 6) is -2.34. The van der Waals surface area contributed by atoms with Gasteiger partial charge in [0.2, 0.25) is 5.95 Å². The molecule has 3 N–H and O–H groups in total. The Labute approximate surface area is 264 Å². The molecular formula is C35H32F2N8O. The van der Waals surface area contributed by atoms with E-state index in [0.29, 0.717) is 28.6 Å². The molecule has 0 atom stereocenters. The van der Waals surface area contributed by atoms with Crippen molar-refractivity contribution in [3.8, 4) is 22.5 Å². The van der Waals surface area contributed by atoms with Gasteiger partial charge in [-0.15, -0.1) is 0 Å². The second-order valence-corrected chi connectivity index (χ2v) is 11.0. The first-order chi connectivity index (χ1) is 22.4. The van der Waals surface area contributed by atoms with Gasteiger partial charge in [-0.1, -0.05) is 36.4 Å². The summed E-state index contributed by atoms with van der Waals surface area (Å²) < 4.78 is 30.3. The van der Waals surface area contributed by atoms with E-state index in [-0.39, 0.29) is 0 Å². The van der Waals surface area contributed by atoms with Gasteiger partial charge in [0.1, 0.15) is 22.9 Å². The van der Waals surface area contributed by atoms with Crippen LogP contribution < -0.4 is 16.0 Å². The molecule has 0 bridgehead atoms. The van der Waals surface area contributed by atoms with Crippen LogP contribution in [0.15, 0.2) is 103 Å². The van der Waals surface area contributed by atoms with Crippen LogP contribution in [0.5, 0.6) is 0 Å². The van der Waals surface area contributed by atoms with E-state index < -0.39 is 23.1 Å². The van der Waals surface area contributed by atoms with Crippen molar-refractivity contribution in [1.82, 2.24) is 29.8 Å². The lowest BCUT2D eigenvalue weighted by Gasteiger charge is -2.12. The third-order valence-corrected chi connectivity index (χ3v) is 7.28. The molecule has 0 aliphatic heterocycles. The lowest BCUT2D eigenvalue weighted by molar-refractivity contribution is 0.101. The summed E-state index contributed by atoms with van der Waals surface area (Å²) in [5.41, 5.74) is 5.20. The molecule has 11 heteroatoms. The van der Waals surface area contributed by atoms with Crippen LogP contribution in [0.1, 0.15) is 15.9 Å². The topological polar surface area (TPSA) is 99.5 Å². The van der Waals surface area contributed by atoms with Gasteiger partial charge in [0.05, 0.1) is 16.8 Å². The molecule has 0 radical (unpaired) electrons. The van der Waals surface area contributed by atoms with Gasteiger partial charge in [-0.2, -0.15) is 5.10 Å². The number of nitrogens with one attached hydrogen (secondary N) is 3. The number of hydrogen-bond donors (Lipinski definition) is 3. The molecule has 6 aromatic rings. The number of hydrogen-bond acceptors (Lipinski definition) is 7. The van der Waals surface area contributed by atoms with Gasteiger partial charge in [0, 0.05) is 49.0 Å². The number of carbonyl (C=O) groups is 1. The van der Waals surface area contributed by atoms with Crippen LogP contribution in [0.25, 0.3) is 28.0 Å². The highest BCUT2D eigenvalue weighted by Gasteiger charge is 2.20. The van der Waals surface area contributed by atoms with Gasteiger partial charge in [0.15, 0.2) is 0 Å². The van der Waals surface area contributed by atoms with E-state index in [0.717, 1.165) is 54.1 Å². The van der Waals surface area contributed by atoms with Crippen LogP contribution in [-0.4, -0.2) is 57.6 Å². The zero-order valence-corrected chi connectivity index (χ0v) is 25.3. The average Bonchev–Trinajstić information content (AvgIpc) is 3.43. The lowest BCUT2D eigenvalue weighted by Crippen LogP contribution is -2.26. The van der Waals surface area contributed by atoms with Crippen molar-refractivity contribution >= 4 is 28.7 Å². The summed E-state index contributed by atoms with van der Waals surface area (Å²) >= 11 is 0. The monoisotopic (exact) mass is 618 g/mol. The Kier molecular flexibility index (Phi) is 9.04. The molecule has 0 aliphatic carbocycles. The Balaban J connectivity index is 1.29. The number of pyridine rings is 1. The average molecular weight is 619 g/mol. The molecule has 3 heterocycles. The Morgan fingerprint density at radius 1 is 0.891 bits per heavy atom. The fourth-order valence-corrected chi connectivity index (χ4v) is 5.09. The van der Waals surface area contributed by atoms with Crippen LogP contribution in [0.4, 0.5) is 26.1 Å². The minimum absolute atomic E-state index is 0.356. The lowest BCUT2D eigenvalue weighted by atomic mass is 10.0. The first-order valence-corrected chi connectivity index (χ1v) is 14.7. The number of aromatic nitrogens is 4. The van der Waals surface area contributed by atoms with Crippen molar-refractivity contribution in [1.29, 1.82) is 0 Å². The maximum Gasteiger partial charge on any atom is 0.261 e. The molecule has 0 saturated heterocycles. The molecule has 0 aliphatic rings. The number of anilines is 3. The van der Waals surface area contributed by atoms with E-state index in [2.05, 4.69) is 38.0 Å². The standard InChI is InChI=1S/C35H32F2N8O/c1-44(2)19-17-38-22-23-8-5-10-25(20-23)41-35-39-16-15-29(42-35)32-30-14-3-4-18-45(30)43-33(32)24-9-6-11-26(21-24)40-34(46)31-27(36)12-7-13-28(31)37/h3-16,18,20-21,38H,17,19,22H2,1-2H3,(H,40,46)(H,39,41,42). The number of benzene rings is 3. The number of rotatable bonds is 11. The number of nitrogens with zero attached hydrogens (tertiary/aromatic N) is 5. The highest BCUT2D eigenvalue weighted by atomic mass is 19.1. The van der Waals surface area contributed by atoms with Crippen LogP contribution in [-0.2, 0) is 6.54 Å². The van der Waals surface area contributed by atoms with Gasteiger partial charge >= 0.3 is 0 Å². The van der Waals surface area contributed by atoms with E-state index in [1.165, 1.54) is 6.07 Å². The summed E-state index contributed by atoms with van der Waals surface area (Å²) in [4.78, 5) is 24.2. The quantitative estimate of drug-likeness (QED) is 0.145. The minimum atomic E-state index is -0.937. The normalized spacial score (nSPS) is 11.2. The minimum Gasteiger partial charge on any atom is -0.324 e. The SMILES string of the molecule is CN(C)CCNCc1cccc(Nc2nccc(-c3c(-c4cccc(NC(=O)c5c(F)cccc5F)c4)nn4ccccc34)n2)c1. The summed E-state index contributed by atoms with van der Waals surface area (Å²) in [6.45, 7) is 2.58. The first-order valence-electron chi connectivity index (χ1n) is 14.7. The number of fused-ring (bicyclic) bond motifs is 1. The van der Waals surface area contributed by atoms with Crippen LogP contribution in [0.3, 0.4) is 0 Å². The molecule has 1 amide bonds. The molecule has 3 aromatic heterocycles. The Bertz CT molecular complexity index is 1990. The smallest absolute Gasteiger partial charge is 0.261 e. The van der Waals surface area contributed by atoms with E-state index in [1.807, 2.05) is 62.8 Å². The summed E-state index contributed by atoms with van der Waals surface area (Å²) in [5, 5.41) is 14.2. The number of carbonyl (C=O) groups excluding carboxylic acids is 1. The predicted octanol–water partition coefficient (Wildman–Crippen LogP) is 6.38. The van der Waals surface area contributed by atoms with Crippen LogP contribution in [0, 0.1) is 11.6 Å². The van der Waals surface area contributed by atoms with Gasteiger partial charge in [0.25, 0.3) is 5.91 Å². The molecular weight excluding hydrogens is 586 g/mol. The molecule has 9 nitrogen and oxygen atoms in total. The second-order valence-electron chi connectivity index (χ2n) is 11.0. The van der Waals surface area contributed by atoms with E-state index >= 15 is 0 Å². The van der Waals surface area contributed by atoms with Crippen molar-refractivity contribution < 1.29 is 13.6 Å². The Hall–Kier alpha value is -5.52. The van der Waals surface area contributed by atoms with Crippen LogP contribution in [0.2, 0.25) is 0 Å². The Morgan fingerprint density at radius 2 is 1.67 bits per heavy atom. The van der Waals surface area contributed by atoms with Crippen molar-refractivity contribution in [2.24, 2.45) is 0 Å². The largest absolute Gasteiger partial charge is 0.324 e. The highest BCUT2D eigenvalue weighted by molar-refractivity contribution is 6.05. The Morgan fingerprint density at radius 3 is 2.50 bits per heavy atom. The van der Waals surface area contributed by atoms with Gasteiger partial charge in [-0.05, 0) is 74.3 Å². The summed E-state index contributed by atoms with van der Waals surface area (Å²) in [6, 6.07) is 25.9. The van der Waals surface area contributed by atoms with Gasteiger partial charge < -0.3 is 20.9 Å². The maximum atomic E-state index is 14.2. The molecule has 0 saturated carbocycles. The molecule has 3 aromatic carbocycles. The highest BCUT2D eigenvalue weighted by Crippen LogP contribution is 2.35. The first kappa shape index (κ1) is 30.5. The molecule has 46 heavy (non-hydrogen) atoms. The van der Waals surface area contributed by atoms with Crippen molar-refractivity contribution in [3.63, 3.8) is 0 Å². The third kappa shape index (κ3) is 6.90. The molecule has 6 rings (SSSR count).